The molecule has 16 heavy (non-hydrogen) atoms. The van der Waals surface area contributed by atoms with Crippen LogP contribution in [0.25, 0.3) is 10.9 Å². The van der Waals surface area contributed by atoms with E-state index >= 15 is 0 Å². The first-order valence-electron chi connectivity index (χ1n) is 4.90. The topological polar surface area (TPSA) is 30.0 Å². The smallest absolute Gasteiger partial charge is 0.166 e. The molecular weight excluding hydrogens is 245 g/mol. The zero-order valence-electron chi connectivity index (χ0n) is 8.63. The minimum Gasteiger partial charge on any atom is -0.294 e. The Morgan fingerprint density at radius 1 is 1.38 bits per heavy atom. The Morgan fingerprint density at radius 3 is 2.81 bits per heavy atom. The molecule has 0 atom stereocenters. The normalized spacial score (nSPS) is 10.7. The first-order valence-corrected chi connectivity index (χ1v) is 5.66. The summed E-state index contributed by atoms with van der Waals surface area (Å²) in [6.45, 7) is 1.80. The molecule has 0 amide bonds. The SMILES string of the molecule is CCC(=O)c1c(Cl)ccc2cc(Cl)cnc12. The Kier molecular flexibility index (Phi) is 3.13. The molecule has 0 bridgehead atoms. The molecule has 0 saturated carbocycles. The molecule has 0 aliphatic carbocycles. The molecular formula is C12H9Cl2NO. The van der Waals surface area contributed by atoms with Crippen LogP contribution in [0, 0.1) is 0 Å². The Labute approximate surface area is 103 Å². The third-order valence-corrected chi connectivity index (χ3v) is 2.89. The number of Topliss-reactive ketones (excluding diaryl/α,β-unsaturated/α-hetero) is 1. The molecule has 0 unspecified atom stereocenters. The van der Waals surface area contributed by atoms with E-state index in [1.54, 1.807) is 19.1 Å². The number of benzene rings is 1. The average molecular weight is 254 g/mol. The maximum absolute atomic E-state index is 11.8. The third kappa shape index (κ3) is 1.91. The summed E-state index contributed by atoms with van der Waals surface area (Å²) < 4.78 is 0. The number of ketones is 1. The summed E-state index contributed by atoms with van der Waals surface area (Å²) in [6, 6.07) is 5.28. The van der Waals surface area contributed by atoms with Gasteiger partial charge in [0.1, 0.15) is 0 Å². The number of hydrogen-bond acceptors (Lipinski definition) is 2. The maximum atomic E-state index is 11.8. The van der Waals surface area contributed by atoms with Crippen LogP contribution >= 0.6 is 23.2 Å². The van der Waals surface area contributed by atoms with Gasteiger partial charge in [0.25, 0.3) is 0 Å². The Bertz CT molecular complexity index is 566. The van der Waals surface area contributed by atoms with Crippen LogP contribution in [0.1, 0.15) is 23.7 Å². The molecule has 2 nitrogen and oxygen atoms in total. The lowest BCUT2D eigenvalue weighted by Crippen LogP contribution is -2.00. The molecule has 0 N–H and O–H groups in total. The van der Waals surface area contributed by atoms with Crippen molar-refractivity contribution >= 4 is 39.9 Å². The fourth-order valence-corrected chi connectivity index (χ4v) is 2.02. The number of aromatic nitrogens is 1. The van der Waals surface area contributed by atoms with Gasteiger partial charge in [-0.2, -0.15) is 0 Å². The number of fused-ring (bicyclic) bond motifs is 1. The van der Waals surface area contributed by atoms with Gasteiger partial charge in [-0.15, -0.1) is 0 Å². The van der Waals surface area contributed by atoms with Crippen molar-refractivity contribution in [2.45, 2.75) is 13.3 Å². The number of nitrogens with zero attached hydrogens (tertiary/aromatic N) is 1. The van der Waals surface area contributed by atoms with Crippen LogP contribution in [0.15, 0.2) is 24.4 Å². The highest BCUT2D eigenvalue weighted by molar-refractivity contribution is 6.36. The minimum absolute atomic E-state index is 0.00887. The van der Waals surface area contributed by atoms with E-state index < -0.39 is 0 Å². The maximum Gasteiger partial charge on any atom is 0.166 e. The van der Waals surface area contributed by atoms with E-state index in [0.717, 1.165) is 5.39 Å². The molecule has 2 aromatic rings. The molecule has 0 fully saturated rings. The van der Waals surface area contributed by atoms with Gasteiger partial charge in [-0.25, -0.2) is 0 Å². The van der Waals surface area contributed by atoms with Crippen molar-refractivity contribution < 1.29 is 4.79 Å². The number of rotatable bonds is 2. The molecule has 4 heteroatoms. The van der Waals surface area contributed by atoms with Gasteiger partial charge in [0.05, 0.1) is 21.1 Å². The number of halogens is 2. The largest absolute Gasteiger partial charge is 0.294 e. The van der Waals surface area contributed by atoms with Crippen molar-refractivity contribution in [2.75, 3.05) is 0 Å². The van der Waals surface area contributed by atoms with E-state index in [2.05, 4.69) is 4.98 Å². The van der Waals surface area contributed by atoms with Crippen LogP contribution in [0.4, 0.5) is 0 Å². The highest BCUT2D eigenvalue weighted by Gasteiger charge is 2.13. The molecule has 1 aromatic heterocycles. The van der Waals surface area contributed by atoms with Gasteiger partial charge in [0.15, 0.2) is 5.78 Å². The van der Waals surface area contributed by atoms with E-state index in [0.29, 0.717) is 27.5 Å². The van der Waals surface area contributed by atoms with Crippen molar-refractivity contribution in [2.24, 2.45) is 0 Å². The van der Waals surface area contributed by atoms with Gasteiger partial charge in [-0.3, -0.25) is 9.78 Å². The summed E-state index contributed by atoms with van der Waals surface area (Å²) in [7, 11) is 0. The van der Waals surface area contributed by atoms with Gasteiger partial charge in [0.2, 0.25) is 0 Å². The molecule has 0 spiro atoms. The van der Waals surface area contributed by atoms with Crippen LogP contribution in [0.5, 0.6) is 0 Å². The predicted molar refractivity (Wildman–Crippen MR) is 66.4 cm³/mol. The predicted octanol–water partition coefficient (Wildman–Crippen LogP) is 4.13. The number of carbonyl (C=O) groups excluding carboxylic acids is 1. The summed E-state index contributed by atoms with van der Waals surface area (Å²) in [4.78, 5) is 15.9. The van der Waals surface area contributed by atoms with Crippen molar-refractivity contribution in [1.82, 2.24) is 4.98 Å². The Morgan fingerprint density at radius 2 is 2.12 bits per heavy atom. The van der Waals surface area contributed by atoms with Gasteiger partial charge >= 0.3 is 0 Å². The summed E-state index contributed by atoms with van der Waals surface area (Å²) in [5.41, 5.74) is 1.10. The summed E-state index contributed by atoms with van der Waals surface area (Å²) in [5.74, 6) is -0.00887. The first kappa shape index (κ1) is 11.4. The quantitative estimate of drug-likeness (QED) is 0.754. The monoisotopic (exact) mass is 253 g/mol. The average Bonchev–Trinajstić information content (AvgIpc) is 2.28. The highest BCUT2D eigenvalue weighted by atomic mass is 35.5. The lowest BCUT2D eigenvalue weighted by atomic mass is 10.0. The standard InChI is InChI=1S/C12H9Cl2NO/c1-2-10(16)11-9(14)4-3-7-5-8(13)6-15-12(7)11/h3-6H,2H2,1H3. The lowest BCUT2D eigenvalue weighted by Gasteiger charge is -2.06. The second-order valence-electron chi connectivity index (χ2n) is 3.42. The molecule has 2 rings (SSSR count). The second kappa shape index (κ2) is 4.40. The van der Waals surface area contributed by atoms with Crippen molar-refractivity contribution in [3.63, 3.8) is 0 Å². The lowest BCUT2D eigenvalue weighted by molar-refractivity contribution is 0.0989. The number of hydrogen-bond donors (Lipinski definition) is 0. The number of carbonyl (C=O) groups is 1. The zero-order chi connectivity index (χ0) is 11.7. The van der Waals surface area contributed by atoms with E-state index in [-0.39, 0.29) is 5.78 Å². The van der Waals surface area contributed by atoms with Gasteiger partial charge in [0, 0.05) is 18.0 Å². The minimum atomic E-state index is -0.00887. The van der Waals surface area contributed by atoms with Crippen molar-refractivity contribution in [1.29, 1.82) is 0 Å². The Hall–Kier alpha value is -1.12. The number of pyridine rings is 1. The zero-order valence-corrected chi connectivity index (χ0v) is 10.1. The highest BCUT2D eigenvalue weighted by Crippen LogP contribution is 2.27. The summed E-state index contributed by atoms with van der Waals surface area (Å²) in [6.07, 6.45) is 1.93. The van der Waals surface area contributed by atoms with Crippen LogP contribution in [-0.2, 0) is 0 Å². The van der Waals surface area contributed by atoms with E-state index in [9.17, 15) is 4.79 Å². The van der Waals surface area contributed by atoms with E-state index in [4.69, 9.17) is 23.2 Å². The summed E-state index contributed by atoms with van der Waals surface area (Å²) >= 11 is 11.9. The Balaban J connectivity index is 2.79. The second-order valence-corrected chi connectivity index (χ2v) is 4.27. The van der Waals surface area contributed by atoms with Crippen LogP contribution in [0.2, 0.25) is 10.0 Å². The molecule has 0 aliphatic heterocycles. The molecule has 1 heterocycles. The van der Waals surface area contributed by atoms with Crippen molar-refractivity contribution in [3.05, 3.63) is 40.0 Å². The summed E-state index contributed by atoms with van der Waals surface area (Å²) in [5, 5.41) is 1.81. The van der Waals surface area contributed by atoms with Crippen molar-refractivity contribution in [3.8, 4) is 0 Å². The third-order valence-electron chi connectivity index (χ3n) is 2.37. The molecule has 0 saturated heterocycles. The van der Waals surface area contributed by atoms with E-state index in [1.807, 2.05) is 6.07 Å². The molecule has 0 radical (unpaired) electrons. The van der Waals surface area contributed by atoms with Gasteiger partial charge in [-0.05, 0) is 12.1 Å². The fourth-order valence-electron chi connectivity index (χ4n) is 1.59. The molecule has 1 aromatic carbocycles. The van der Waals surface area contributed by atoms with Crippen LogP contribution < -0.4 is 0 Å². The fraction of sp³-hybridized carbons (Fsp3) is 0.167. The van der Waals surface area contributed by atoms with E-state index in [1.165, 1.54) is 6.20 Å². The van der Waals surface area contributed by atoms with Gasteiger partial charge in [-0.1, -0.05) is 36.2 Å². The van der Waals surface area contributed by atoms with Gasteiger partial charge < -0.3 is 0 Å². The first-order chi connectivity index (χ1) is 7.63. The molecule has 82 valence electrons. The molecule has 0 aliphatic rings. The van der Waals surface area contributed by atoms with Crippen LogP contribution in [0.3, 0.4) is 0 Å². The van der Waals surface area contributed by atoms with Crippen LogP contribution in [-0.4, -0.2) is 10.8 Å².